The smallest absolute Gasteiger partial charge is 0.142 e. The van der Waals surface area contributed by atoms with Crippen molar-refractivity contribution in [3.8, 4) is 0 Å². The predicted molar refractivity (Wildman–Crippen MR) is 83.2 cm³/mol. The third-order valence-electron chi connectivity index (χ3n) is 3.70. The molecule has 0 bridgehead atoms. The number of rotatable bonds is 2. The second-order valence-corrected chi connectivity index (χ2v) is 5.66. The Morgan fingerprint density at radius 1 is 1.25 bits per heavy atom. The number of hydrogen-bond donors (Lipinski definition) is 0. The fourth-order valence-corrected chi connectivity index (χ4v) is 2.78. The molecule has 0 spiro atoms. The highest BCUT2D eigenvalue weighted by atomic mass is 35.5. The van der Waals surface area contributed by atoms with Gasteiger partial charge in [-0.1, -0.05) is 23.8 Å². The lowest BCUT2D eigenvalue weighted by molar-refractivity contribution is 0.754. The van der Waals surface area contributed by atoms with Crippen LogP contribution < -0.4 is 0 Å². The molecule has 1 saturated carbocycles. The summed E-state index contributed by atoms with van der Waals surface area (Å²) in [5.41, 5.74) is 3.22. The van der Waals surface area contributed by atoms with Gasteiger partial charge in [0.25, 0.3) is 0 Å². The Morgan fingerprint density at radius 2 is 2.15 bits per heavy atom. The van der Waals surface area contributed by atoms with E-state index in [9.17, 15) is 0 Å². The molecular weight excluding hydrogens is 270 g/mol. The van der Waals surface area contributed by atoms with E-state index in [-0.39, 0.29) is 0 Å². The van der Waals surface area contributed by atoms with Gasteiger partial charge in [0, 0.05) is 29.1 Å². The van der Waals surface area contributed by atoms with Gasteiger partial charge in [-0.05, 0) is 37.5 Å². The van der Waals surface area contributed by atoms with Crippen LogP contribution in [0.5, 0.6) is 0 Å². The molecule has 100 valence electrons. The van der Waals surface area contributed by atoms with Gasteiger partial charge in [-0.15, -0.1) is 0 Å². The summed E-state index contributed by atoms with van der Waals surface area (Å²) in [6.45, 7) is 0. The van der Waals surface area contributed by atoms with Gasteiger partial charge in [-0.2, -0.15) is 0 Å². The minimum atomic E-state index is 0.555. The molecule has 1 aliphatic heterocycles. The molecule has 4 rings (SSSR count). The van der Waals surface area contributed by atoms with Crippen molar-refractivity contribution < 1.29 is 0 Å². The number of nitrogens with zero attached hydrogens (tertiary/aromatic N) is 3. The fraction of sp³-hybridized carbons (Fsp3) is 0.250. The van der Waals surface area contributed by atoms with Crippen molar-refractivity contribution in [2.45, 2.75) is 25.3 Å². The normalized spacial score (nSPS) is 18.4. The van der Waals surface area contributed by atoms with E-state index in [4.69, 9.17) is 16.6 Å². The summed E-state index contributed by atoms with van der Waals surface area (Å²) in [4.78, 5) is 9.08. The molecule has 1 fully saturated rings. The van der Waals surface area contributed by atoms with Crippen molar-refractivity contribution in [1.29, 1.82) is 0 Å². The number of allylic oxidation sites excluding steroid dienone is 3. The summed E-state index contributed by atoms with van der Waals surface area (Å²) in [5, 5.41) is 0.760. The molecular formula is C16H14ClN3. The molecule has 3 nitrogen and oxygen atoms in total. The van der Waals surface area contributed by atoms with Crippen molar-refractivity contribution in [3.63, 3.8) is 0 Å². The zero-order chi connectivity index (χ0) is 13.5. The highest BCUT2D eigenvalue weighted by Crippen LogP contribution is 2.40. The van der Waals surface area contributed by atoms with Crippen LogP contribution in [0.15, 0.2) is 41.5 Å². The Morgan fingerprint density at radius 3 is 3.00 bits per heavy atom. The molecule has 20 heavy (non-hydrogen) atoms. The van der Waals surface area contributed by atoms with E-state index < -0.39 is 0 Å². The van der Waals surface area contributed by atoms with Crippen LogP contribution >= 0.6 is 11.6 Å². The second-order valence-electron chi connectivity index (χ2n) is 5.23. The fourth-order valence-electron chi connectivity index (χ4n) is 2.61. The van der Waals surface area contributed by atoms with Crippen LogP contribution in [0.4, 0.5) is 0 Å². The number of aliphatic imine (C=N–C) groups is 1. The maximum atomic E-state index is 6.14. The third kappa shape index (κ3) is 1.98. The van der Waals surface area contributed by atoms with Crippen LogP contribution in [-0.4, -0.2) is 15.8 Å². The molecule has 1 aromatic heterocycles. The van der Waals surface area contributed by atoms with Gasteiger partial charge in [-0.3, -0.25) is 4.99 Å². The molecule has 2 aliphatic rings. The summed E-state index contributed by atoms with van der Waals surface area (Å²) in [6.07, 6.45) is 11.3. The molecule has 0 atom stereocenters. The summed E-state index contributed by atoms with van der Waals surface area (Å²) >= 11 is 6.14. The van der Waals surface area contributed by atoms with E-state index in [2.05, 4.69) is 15.6 Å². The summed E-state index contributed by atoms with van der Waals surface area (Å²) < 4.78 is 2.32. The topological polar surface area (TPSA) is 30.2 Å². The van der Waals surface area contributed by atoms with E-state index in [1.165, 1.54) is 12.8 Å². The predicted octanol–water partition coefficient (Wildman–Crippen LogP) is 4.40. The maximum absolute atomic E-state index is 6.14. The lowest BCUT2D eigenvalue weighted by Gasteiger charge is -2.07. The Hall–Kier alpha value is -1.87. The molecule has 1 aliphatic carbocycles. The average molecular weight is 284 g/mol. The van der Waals surface area contributed by atoms with E-state index in [0.29, 0.717) is 6.04 Å². The first-order valence-corrected chi connectivity index (χ1v) is 7.27. The maximum Gasteiger partial charge on any atom is 0.142 e. The molecule has 0 N–H and O–H groups in total. The van der Waals surface area contributed by atoms with Crippen molar-refractivity contribution in [1.82, 2.24) is 9.55 Å². The van der Waals surface area contributed by atoms with Gasteiger partial charge >= 0.3 is 0 Å². The lowest BCUT2D eigenvalue weighted by Crippen LogP contribution is -2.01. The molecule has 1 aromatic carbocycles. The molecule has 2 aromatic rings. The number of imidazole rings is 1. The SMILES string of the molecule is Clc1ccc2nc(C3=CCC=CN=C3)n(C3CC3)c2c1. The van der Waals surface area contributed by atoms with Crippen molar-refractivity contribution in [2.24, 2.45) is 4.99 Å². The highest BCUT2D eigenvalue weighted by molar-refractivity contribution is 6.31. The molecule has 0 unspecified atom stereocenters. The number of benzene rings is 1. The summed E-state index contributed by atoms with van der Waals surface area (Å²) in [7, 11) is 0. The lowest BCUT2D eigenvalue weighted by atomic mass is 10.2. The molecule has 0 saturated heterocycles. The zero-order valence-electron chi connectivity index (χ0n) is 11.0. The van der Waals surface area contributed by atoms with Crippen LogP contribution in [0.25, 0.3) is 16.6 Å². The molecule has 0 radical (unpaired) electrons. The number of halogens is 1. The minimum absolute atomic E-state index is 0.555. The van der Waals surface area contributed by atoms with Gasteiger partial charge in [-0.25, -0.2) is 4.98 Å². The van der Waals surface area contributed by atoms with Crippen molar-refractivity contribution in [3.05, 3.63) is 47.4 Å². The van der Waals surface area contributed by atoms with Crippen LogP contribution in [0.1, 0.15) is 31.1 Å². The Labute approximate surface area is 122 Å². The molecule has 2 heterocycles. The first-order valence-electron chi connectivity index (χ1n) is 6.89. The Kier molecular flexibility index (Phi) is 2.74. The summed E-state index contributed by atoms with van der Waals surface area (Å²) in [6, 6.07) is 6.46. The largest absolute Gasteiger partial charge is 0.321 e. The third-order valence-corrected chi connectivity index (χ3v) is 3.94. The quantitative estimate of drug-likeness (QED) is 0.803. The molecule has 4 heteroatoms. The average Bonchev–Trinajstić information content (AvgIpc) is 3.24. The van der Waals surface area contributed by atoms with Crippen molar-refractivity contribution in [2.75, 3.05) is 0 Å². The first-order chi connectivity index (χ1) is 9.83. The van der Waals surface area contributed by atoms with E-state index in [0.717, 1.165) is 33.9 Å². The minimum Gasteiger partial charge on any atom is -0.321 e. The highest BCUT2D eigenvalue weighted by Gasteiger charge is 2.29. The van der Waals surface area contributed by atoms with Gasteiger partial charge < -0.3 is 4.57 Å². The van der Waals surface area contributed by atoms with Gasteiger partial charge in [0.15, 0.2) is 0 Å². The van der Waals surface area contributed by atoms with Crippen LogP contribution in [0, 0.1) is 0 Å². The number of aromatic nitrogens is 2. The Balaban J connectivity index is 1.94. The molecule has 0 amide bonds. The van der Waals surface area contributed by atoms with Crippen LogP contribution in [0.2, 0.25) is 5.02 Å². The van der Waals surface area contributed by atoms with Gasteiger partial charge in [0.2, 0.25) is 0 Å². The van der Waals surface area contributed by atoms with Crippen LogP contribution in [-0.2, 0) is 0 Å². The Bertz CT molecular complexity index is 763. The van der Waals surface area contributed by atoms with Gasteiger partial charge in [0.05, 0.1) is 11.0 Å². The standard InChI is InChI=1S/C16H14ClN3/c17-12-4-7-14-15(9-12)20(13-5-6-13)16(19-14)11-3-1-2-8-18-10-11/h2-4,7-10,13H,1,5-6H2. The monoisotopic (exact) mass is 283 g/mol. The van der Waals surface area contributed by atoms with Crippen molar-refractivity contribution >= 4 is 34.4 Å². The second kappa shape index (κ2) is 4.60. The van der Waals surface area contributed by atoms with E-state index in [1.54, 1.807) is 0 Å². The summed E-state index contributed by atoms with van der Waals surface area (Å²) in [5.74, 6) is 1.01. The van der Waals surface area contributed by atoms with Crippen LogP contribution in [0.3, 0.4) is 0 Å². The van der Waals surface area contributed by atoms with E-state index >= 15 is 0 Å². The number of hydrogen-bond acceptors (Lipinski definition) is 2. The van der Waals surface area contributed by atoms with E-state index in [1.807, 2.05) is 36.7 Å². The first kappa shape index (κ1) is 11.9. The van der Waals surface area contributed by atoms with Gasteiger partial charge in [0.1, 0.15) is 5.82 Å². The number of fused-ring (bicyclic) bond motifs is 1. The zero-order valence-corrected chi connectivity index (χ0v) is 11.7.